The number of esters is 1. The molecule has 0 aliphatic carbocycles. The lowest BCUT2D eigenvalue weighted by atomic mass is 10.2. The van der Waals surface area contributed by atoms with Gasteiger partial charge < -0.3 is 4.74 Å². The Labute approximate surface area is 169 Å². The molecule has 0 spiro atoms. The Morgan fingerprint density at radius 3 is 2.62 bits per heavy atom. The highest BCUT2D eigenvalue weighted by Gasteiger charge is 2.13. The third-order valence-electron chi connectivity index (χ3n) is 4.62. The molecule has 0 N–H and O–H groups in total. The van der Waals surface area contributed by atoms with Gasteiger partial charge in [-0.3, -0.25) is 13.9 Å². The van der Waals surface area contributed by atoms with Crippen molar-refractivity contribution in [1.82, 2.24) is 14.1 Å². The van der Waals surface area contributed by atoms with E-state index in [4.69, 9.17) is 4.74 Å². The van der Waals surface area contributed by atoms with Crippen LogP contribution in [0.2, 0.25) is 0 Å². The third kappa shape index (κ3) is 3.97. The summed E-state index contributed by atoms with van der Waals surface area (Å²) < 4.78 is 21.5. The second-order valence-corrected chi connectivity index (χ2v) is 7.40. The number of aryl methyl sites for hydroxylation is 2. The number of halogens is 1. The fourth-order valence-corrected chi connectivity index (χ4v) is 3.92. The first-order chi connectivity index (χ1) is 14.0. The summed E-state index contributed by atoms with van der Waals surface area (Å²) in [5.74, 6) is -0.703. The summed E-state index contributed by atoms with van der Waals surface area (Å²) in [6.07, 6.45) is 0.0862. The number of hydrogen-bond donors (Lipinski definition) is 0. The number of para-hydroxylation sites is 2. The predicted octanol–water partition coefficient (Wildman–Crippen LogP) is 3.74. The quantitative estimate of drug-likeness (QED) is 0.454. The average Bonchev–Trinajstić information content (AvgIpc) is 3.30. The van der Waals surface area contributed by atoms with Gasteiger partial charge >= 0.3 is 11.7 Å². The van der Waals surface area contributed by atoms with E-state index in [0.717, 1.165) is 21.6 Å². The van der Waals surface area contributed by atoms with Gasteiger partial charge in [0.25, 0.3) is 0 Å². The van der Waals surface area contributed by atoms with Crippen LogP contribution in [-0.4, -0.2) is 20.1 Å². The molecule has 0 bridgehead atoms. The summed E-state index contributed by atoms with van der Waals surface area (Å²) in [6.45, 7) is 0.303. The van der Waals surface area contributed by atoms with E-state index in [1.165, 1.54) is 23.5 Å². The number of benzene rings is 2. The van der Waals surface area contributed by atoms with Crippen LogP contribution >= 0.6 is 11.3 Å². The Morgan fingerprint density at radius 2 is 1.86 bits per heavy atom. The number of thiazole rings is 1. The van der Waals surface area contributed by atoms with E-state index in [9.17, 15) is 14.0 Å². The van der Waals surface area contributed by atoms with Crippen LogP contribution in [0.3, 0.4) is 0 Å². The van der Waals surface area contributed by atoms with Crippen molar-refractivity contribution in [1.29, 1.82) is 0 Å². The van der Waals surface area contributed by atoms with Crippen LogP contribution in [0.15, 0.2) is 58.7 Å². The number of carbonyl (C=O) groups is 1. The number of rotatable bonds is 6. The van der Waals surface area contributed by atoms with Crippen LogP contribution in [0.5, 0.6) is 0 Å². The SMILES string of the molecule is Cn1c(=O)n(CCC(=O)OCc2csc(-c3ccc(F)cc3)n2)c2ccccc21. The minimum absolute atomic E-state index is 0.0565. The fourth-order valence-electron chi connectivity index (χ4n) is 3.11. The summed E-state index contributed by atoms with van der Waals surface area (Å²) in [6, 6.07) is 13.5. The summed E-state index contributed by atoms with van der Waals surface area (Å²) >= 11 is 1.40. The van der Waals surface area contributed by atoms with Crippen LogP contribution in [-0.2, 0) is 29.7 Å². The van der Waals surface area contributed by atoms with Crippen LogP contribution in [0, 0.1) is 5.82 Å². The molecule has 0 saturated heterocycles. The van der Waals surface area contributed by atoms with Gasteiger partial charge in [-0.25, -0.2) is 14.2 Å². The number of hydrogen-bond acceptors (Lipinski definition) is 5. The molecule has 4 aromatic rings. The van der Waals surface area contributed by atoms with Gasteiger partial charge in [-0.1, -0.05) is 12.1 Å². The molecule has 8 heteroatoms. The Bertz CT molecular complexity index is 1220. The van der Waals surface area contributed by atoms with E-state index in [2.05, 4.69) is 4.98 Å². The Kier molecular flexibility index (Phi) is 5.26. The van der Waals surface area contributed by atoms with Crippen molar-refractivity contribution >= 4 is 28.3 Å². The number of nitrogens with zero attached hydrogens (tertiary/aromatic N) is 3. The van der Waals surface area contributed by atoms with Crippen LogP contribution in [0.25, 0.3) is 21.6 Å². The predicted molar refractivity (Wildman–Crippen MR) is 109 cm³/mol. The molecule has 0 atom stereocenters. The highest BCUT2D eigenvalue weighted by Crippen LogP contribution is 2.24. The zero-order valence-corrected chi connectivity index (χ0v) is 16.5. The van der Waals surface area contributed by atoms with Crippen molar-refractivity contribution in [2.24, 2.45) is 7.05 Å². The van der Waals surface area contributed by atoms with Crippen molar-refractivity contribution in [2.45, 2.75) is 19.6 Å². The molecular formula is C21H18FN3O3S. The van der Waals surface area contributed by atoms with Crippen LogP contribution in [0.1, 0.15) is 12.1 Å². The molecule has 2 heterocycles. The van der Waals surface area contributed by atoms with E-state index in [1.54, 1.807) is 33.7 Å². The highest BCUT2D eigenvalue weighted by atomic mass is 32.1. The molecule has 6 nitrogen and oxygen atoms in total. The maximum atomic E-state index is 13.0. The number of aromatic nitrogens is 3. The smallest absolute Gasteiger partial charge is 0.328 e. The lowest BCUT2D eigenvalue weighted by Crippen LogP contribution is -2.23. The molecule has 0 aliphatic rings. The normalized spacial score (nSPS) is 11.1. The maximum Gasteiger partial charge on any atom is 0.328 e. The molecule has 29 heavy (non-hydrogen) atoms. The van der Waals surface area contributed by atoms with Crippen LogP contribution in [0.4, 0.5) is 4.39 Å². The van der Waals surface area contributed by atoms with Crippen molar-refractivity contribution < 1.29 is 13.9 Å². The van der Waals surface area contributed by atoms with Crippen molar-refractivity contribution in [3.8, 4) is 10.6 Å². The largest absolute Gasteiger partial charge is 0.459 e. The van der Waals surface area contributed by atoms with Gasteiger partial charge in [0.1, 0.15) is 17.4 Å². The molecule has 0 fully saturated rings. The number of fused-ring (bicyclic) bond motifs is 1. The van der Waals surface area contributed by atoms with Crippen molar-refractivity contribution in [3.63, 3.8) is 0 Å². The molecule has 148 valence electrons. The molecule has 2 aromatic heterocycles. The first-order valence-electron chi connectivity index (χ1n) is 9.03. The van der Waals surface area contributed by atoms with Gasteiger partial charge in [0.15, 0.2) is 0 Å². The standard InChI is InChI=1S/C21H18FN3O3S/c1-24-17-4-2-3-5-18(17)25(21(24)27)11-10-19(26)28-12-16-13-29-20(23-16)14-6-8-15(22)9-7-14/h2-9,13H,10-12H2,1H3. The van der Waals surface area contributed by atoms with Gasteiger partial charge in [0.05, 0.1) is 23.1 Å². The van der Waals surface area contributed by atoms with E-state index in [-0.39, 0.29) is 31.1 Å². The minimum Gasteiger partial charge on any atom is -0.459 e. The zero-order chi connectivity index (χ0) is 20.4. The summed E-state index contributed by atoms with van der Waals surface area (Å²) in [5.41, 5.74) is 2.88. The summed E-state index contributed by atoms with van der Waals surface area (Å²) in [4.78, 5) is 28.9. The molecule has 0 saturated carbocycles. The van der Waals surface area contributed by atoms with Crippen molar-refractivity contribution in [2.75, 3.05) is 0 Å². The fraction of sp³-hybridized carbons (Fsp3) is 0.190. The number of imidazole rings is 1. The molecule has 0 unspecified atom stereocenters. The number of ether oxygens (including phenoxy) is 1. The van der Waals surface area contributed by atoms with E-state index in [1.807, 2.05) is 24.3 Å². The first kappa shape index (κ1) is 19.1. The van der Waals surface area contributed by atoms with Gasteiger partial charge in [0.2, 0.25) is 0 Å². The van der Waals surface area contributed by atoms with Crippen LogP contribution < -0.4 is 5.69 Å². The average molecular weight is 411 g/mol. The van der Waals surface area contributed by atoms with Gasteiger partial charge in [-0.05, 0) is 36.4 Å². The van der Waals surface area contributed by atoms with E-state index < -0.39 is 5.97 Å². The van der Waals surface area contributed by atoms with E-state index >= 15 is 0 Å². The maximum absolute atomic E-state index is 13.0. The molecule has 0 aliphatic heterocycles. The Balaban J connectivity index is 1.36. The summed E-state index contributed by atoms with van der Waals surface area (Å²) in [7, 11) is 1.71. The second-order valence-electron chi connectivity index (χ2n) is 6.54. The molecule has 0 amide bonds. The summed E-state index contributed by atoms with van der Waals surface area (Å²) in [5, 5.41) is 2.54. The Morgan fingerprint density at radius 1 is 1.14 bits per heavy atom. The first-order valence-corrected chi connectivity index (χ1v) is 9.91. The van der Waals surface area contributed by atoms with E-state index in [0.29, 0.717) is 5.69 Å². The second kappa shape index (κ2) is 8.00. The highest BCUT2D eigenvalue weighted by molar-refractivity contribution is 7.13. The Hall–Kier alpha value is -3.26. The molecule has 2 aromatic carbocycles. The molecule has 4 rings (SSSR count). The minimum atomic E-state index is -0.402. The van der Waals surface area contributed by atoms with Gasteiger partial charge in [-0.2, -0.15) is 0 Å². The molecule has 0 radical (unpaired) electrons. The molecular weight excluding hydrogens is 393 g/mol. The van der Waals surface area contributed by atoms with Gasteiger partial charge in [-0.15, -0.1) is 11.3 Å². The van der Waals surface area contributed by atoms with Gasteiger partial charge in [0, 0.05) is 24.5 Å². The van der Waals surface area contributed by atoms with Crippen molar-refractivity contribution in [3.05, 3.63) is 75.9 Å². The number of carbonyl (C=O) groups excluding carboxylic acids is 1. The topological polar surface area (TPSA) is 66.1 Å². The lowest BCUT2D eigenvalue weighted by molar-refractivity contribution is -0.145. The lowest BCUT2D eigenvalue weighted by Gasteiger charge is -2.04. The zero-order valence-electron chi connectivity index (χ0n) is 15.7. The third-order valence-corrected chi connectivity index (χ3v) is 5.56. The monoisotopic (exact) mass is 411 g/mol.